The second-order valence-electron chi connectivity index (χ2n) is 9.64. The van der Waals surface area contributed by atoms with Crippen molar-refractivity contribution >= 4 is 34.3 Å². The minimum Gasteiger partial charge on any atom is -0.438 e. The molecule has 2 aliphatic rings. The van der Waals surface area contributed by atoms with Crippen molar-refractivity contribution in [2.45, 2.75) is 37.8 Å². The molecule has 1 amide bonds. The van der Waals surface area contributed by atoms with Gasteiger partial charge >= 0.3 is 6.18 Å². The first kappa shape index (κ1) is 25.2. The molecule has 5 rings (SSSR count). The number of halogens is 4. The number of fused-ring (bicyclic) bond motifs is 1. The predicted molar refractivity (Wildman–Crippen MR) is 130 cm³/mol. The van der Waals surface area contributed by atoms with Gasteiger partial charge in [-0.2, -0.15) is 13.2 Å². The number of nitrogens with one attached hydrogen (secondary N) is 1. The number of carbonyl (C=O) groups is 1. The van der Waals surface area contributed by atoms with Crippen LogP contribution >= 0.6 is 0 Å². The SMILES string of the molecule is Nc1oc2cc(CN3CC[C@H](F)C3)cnc2c1C(=O)Nc1cnccc1N1C[C@H](N)C[C@H](C(F)(F)F)C1. The van der Waals surface area contributed by atoms with Crippen LogP contribution in [0.3, 0.4) is 0 Å². The summed E-state index contributed by atoms with van der Waals surface area (Å²) in [6.45, 7) is 1.39. The molecule has 2 fully saturated rings. The van der Waals surface area contributed by atoms with E-state index in [1.165, 1.54) is 23.4 Å². The molecule has 3 atom stereocenters. The summed E-state index contributed by atoms with van der Waals surface area (Å²) in [6, 6.07) is 2.56. The quantitative estimate of drug-likeness (QED) is 0.437. The molecule has 0 unspecified atom stereocenters. The van der Waals surface area contributed by atoms with E-state index in [1.807, 2.05) is 4.90 Å². The second kappa shape index (κ2) is 9.78. The van der Waals surface area contributed by atoms with Crippen LogP contribution < -0.4 is 21.7 Å². The number of piperidine rings is 1. The Bertz CT molecular complexity index is 1300. The molecule has 9 nitrogen and oxygen atoms in total. The van der Waals surface area contributed by atoms with Gasteiger partial charge in [-0.25, -0.2) is 4.39 Å². The number of anilines is 3. The molecule has 0 bridgehead atoms. The molecule has 5 heterocycles. The lowest BCUT2D eigenvalue weighted by Gasteiger charge is -2.39. The maximum absolute atomic E-state index is 13.5. The molecule has 0 saturated carbocycles. The van der Waals surface area contributed by atoms with Crippen molar-refractivity contribution in [3.63, 3.8) is 0 Å². The fourth-order valence-electron chi connectivity index (χ4n) is 5.05. The number of amides is 1. The highest BCUT2D eigenvalue weighted by atomic mass is 19.4. The Morgan fingerprint density at radius 1 is 1.24 bits per heavy atom. The van der Waals surface area contributed by atoms with Gasteiger partial charge in [0.05, 0.1) is 23.5 Å². The highest BCUT2D eigenvalue weighted by Gasteiger charge is 2.44. The standard InChI is InChI=1S/C24H27F4N7O2/c25-15-2-4-34(11-15)9-13-5-19-21(32-7-13)20(22(30)37-19)23(36)33-17-8-31-3-1-18(17)35-10-14(24(26,27)28)6-16(29)12-35/h1,3,5,7-8,14-16H,2,4,6,9-12,29-30H2,(H,33,36)/t14-,15-,16+/m0/s1. The van der Waals surface area contributed by atoms with Crippen molar-refractivity contribution in [2.75, 3.05) is 42.1 Å². The molecular weight excluding hydrogens is 494 g/mol. The number of nitrogens with zero attached hydrogens (tertiary/aromatic N) is 4. The third-order valence-corrected chi connectivity index (χ3v) is 6.79. The Labute approximate surface area is 209 Å². The van der Waals surface area contributed by atoms with E-state index in [9.17, 15) is 22.4 Å². The van der Waals surface area contributed by atoms with E-state index < -0.39 is 30.2 Å². The van der Waals surface area contributed by atoms with E-state index in [1.54, 1.807) is 12.3 Å². The lowest BCUT2D eigenvalue weighted by Crippen LogP contribution is -2.51. The summed E-state index contributed by atoms with van der Waals surface area (Å²) in [5, 5.41) is 2.69. The summed E-state index contributed by atoms with van der Waals surface area (Å²) in [7, 11) is 0. The number of likely N-dealkylation sites (tertiary alicyclic amines) is 1. The normalized spacial score (nSPS) is 23.1. The van der Waals surface area contributed by atoms with Crippen LogP contribution in [0, 0.1) is 5.92 Å². The number of nitrogens with two attached hydrogens (primary N) is 2. The lowest BCUT2D eigenvalue weighted by molar-refractivity contribution is -0.177. The molecule has 3 aromatic rings. The van der Waals surface area contributed by atoms with Gasteiger partial charge in [-0.05, 0) is 30.5 Å². The summed E-state index contributed by atoms with van der Waals surface area (Å²) >= 11 is 0. The zero-order valence-electron chi connectivity index (χ0n) is 19.8. The summed E-state index contributed by atoms with van der Waals surface area (Å²) in [6.07, 6.45) is -0.527. The Balaban J connectivity index is 1.37. The van der Waals surface area contributed by atoms with E-state index in [4.69, 9.17) is 15.9 Å². The molecule has 2 saturated heterocycles. The van der Waals surface area contributed by atoms with Crippen LogP contribution in [0.15, 0.2) is 35.1 Å². The Kier molecular flexibility index (Phi) is 6.67. The van der Waals surface area contributed by atoms with Gasteiger partial charge in [-0.15, -0.1) is 0 Å². The zero-order chi connectivity index (χ0) is 26.3. The van der Waals surface area contributed by atoms with E-state index in [0.717, 1.165) is 5.56 Å². The van der Waals surface area contributed by atoms with Gasteiger partial charge in [-0.1, -0.05) is 0 Å². The van der Waals surface area contributed by atoms with Crippen LogP contribution in [0.4, 0.5) is 34.8 Å². The Morgan fingerprint density at radius 2 is 2.05 bits per heavy atom. The number of rotatable bonds is 5. The number of nitrogen functional groups attached to an aromatic ring is 1. The van der Waals surface area contributed by atoms with Crippen molar-refractivity contribution < 1.29 is 26.8 Å². The molecule has 0 aromatic carbocycles. The smallest absolute Gasteiger partial charge is 0.393 e. The number of hydrogen-bond acceptors (Lipinski definition) is 8. The van der Waals surface area contributed by atoms with Gasteiger partial charge in [0.2, 0.25) is 5.88 Å². The largest absolute Gasteiger partial charge is 0.438 e. The highest BCUT2D eigenvalue weighted by molar-refractivity contribution is 6.15. The van der Waals surface area contributed by atoms with Crippen molar-refractivity contribution in [3.05, 3.63) is 41.9 Å². The molecular formula is C24H27F4N7O2. The minimum absolute atomic E-state index is 0.00450. The summed E-state index contributed by atoms with van der Waals surface area (Å²) in [5.41, 5.74) is 13.9. The van der Waals surface area contributed by atoms with Crippen LogP contribution in [0.25, 0.3) is 11.1 Å². The third kappa shape index (κ3) is 5.32. The average molecular weight is 522 g/mol. The van der Waals surface area contributed by atoms with Gasteiger partial charge < -0.3 is 26.1 Å². The van der Waals surface area contributed by atoms with Crippen LogP contribution in [0.2, 0.25) is 0 Å². The molecule has 0 spiro atoms. The van der Waals surface area contributed by atoms with E-state index >= 15 is 0 Å². The number of hydrogen-bond donors (Lipinski definition) is 3. The van der Waals surface area contributed by atoms with Crippen molar-refractivity contribution in [3.8, 4) is 0 Å². The molecule has 37 heavy (non-hydrogen) atoms. The van der Waals surface area contributed by atoms with Crippen LogP contribution in [0.5, 0.6) is 0 Å². The number of carbonyl (C=O) groups excluding carboxylic acids is 1. The Morgan fingerprint density at radius 3 is 2.78 bits per heavy atom. The fourth-order valence-corrected chi connectivity index (χ4v) is 5.05. The summed E-state index contributed by atoms with van der Waals surface area (Å²) in [4.78, 5) is 25.1. The predicted octanol–water partition coefficient (Wildman–Crippen LogP) is 3.32. The van der Waals surface area contributed by atoms with E-state index in [2.05, 4.69) is 15.3 Å². The molecule has 0 radical (unpaired) electrons. The second-order valence-corrected chi connectivity index (χ2v) is 9.64. The minimum atomic E-state index is -4.39. The maximum atomic E-state index is 13.5. The number of aromatic nitrogens is 2. The van der Waals surface area contributed by atoms with Gasteiger partial charge in [0, 0.05) is 51.2 Å². The van der Waals surface area contributed by atoms with Crippen molar-refractivity contribution in [1.29, 1.82) is 0 Å². The first-order valence-corrected chi connectivity index (χ1v) is 11.9. The number of pyridine rings is 2. The zero-order valence-corrected chi connectivity index (χ0v) is 19.8. The van der Waals surface area contributed by atoms with Crippen molar-refractivity contribution in [1.82, 2.24) is 14.9 Å². The van der Waals surface area contributed by atoms with Crippen LogP contribution in [-0.4, -0.2) is 65.3 Å². The Hall–Kier alpha value is -3.45. The first-order valence-electron chi connectivity index (χ1n) is 11.9. The van der Waals surface area contributed by atoms with Crippen LogP contribution in [-0.2, 0) is 6.54 Å². The molecule has 5 N–H and O–H groups in total. The van der Waals surface area contributed by atoms with Gasteiger partial charge in [-0.3, -0.25) is 19.7 Å². The fraction of sp³-hybridized carbons (Fsp3) is 0.458. The maximum Gasteiger partial charge on any atom is 0.393 e. The summed E-state index contributed by atoms with van der Waals surface area (Å²) < 4.78 is 59.4. The van der Waals surface area contributed by atoms with Gasteiger partial charge in [0.25, 0.3) is 5.91 Å². The van der Waals surface area contributed by atoms with E-state index in [-0.39, 0.29) is 42.2 Å². The van der Waals surface area contributed by atoms with Gasteiger partial charge in [0.15, 0.2) is 5.58 Å². The molecule has 3 aromatic heterocycles. The van der Waals surface area contributed by atoms with E-state index in [0.29, 0.717) is 37.3 Å². The molecule has 13 heteroatoms. The number of alkyl halides is 4. The number of furan rings is 1. The topological polar surface area (TPSA) is 127 Å². The van der Waals surface area contributed by atoms with Crippen LogP contribution in [0.1, 0.15) is 28.8 Å². The molecule has 198 valence electrons. The lowest BCUT2D eigenvalue weighted by atomic mass is 9.93. The molecule has 2 aliphatic heterocycles. The van der Waals surface area contributed by atoms with Crippen molar-refractivity contribution in [2.24, 2.45) is 11.7 Å². The average Bonchev–Trinajstić information content (AvgIpc) is 3.39. The summed E-state index contributed by atoms with van der Waals surface area (Å²) in [5.74, 6) is -2.37. The van der Waals surface area contributed by atoms with Gasteiger partial charge in [0.1, 0.15) is 17.3 Å². The first-order chi connectivity index (χ1) is 17.6. The highest BCUT2D eigenvalue weighted by Crippen LogP contribution is 2.37. The molecule has 0 aliphatic carbocycles. The monoisotopic (exact) mass is 521 g/mol. The third-order valence-electron chi connectivity index (χ3n) is 6.79.